The average molecular weight is 341 g/mol. The maximum atomic E-state index is 12.1. The zero-order valence-electron chi connectivity index (χ0n) is 14.7. The molecule has 0 aliphatic heterocycles. The van der Waals surface area contributed by atoms with Crippen molar-refractivity contribution in [2.24, 2.45) is 0 Å². The summed E-state index contributed by atoms with van der Waals surface area (Å²) in [6, 6.07) is 14.7. The summed E-state index contributed by atoms with van der Waals surface area (Å²) in [6.07, 6.45) is 0.145. The maximum absolute atomic E-state index is 12.1. The lowest BCUT2D eigenvalue weighted by Crippen LogP contribution is -2.42. The Morgan fingerprint density at radius 1 is 1.04 bits per heavy atom. The summed E-state index contributed by atoms with van der Waals surface area (Å²) in [7, 11) is 3.79. The van der Waals surface area contributed by atoms with Crippen molar-refractivity contribution in [2.45, 2.75) is 13.3 Å². The van der Waals surface area contributed by atoms with Crippen molar-refractivity contribution in [2.75, 3.05) is 25.6 Å². The van der Waals surface area contributed by atoms with Crippen molar-refractivity contribution in [3.63, 3.8) is 0 Å². The smallest absolute Gasteiger partial charge is 0.269 e. The van der Waals surface area contributed by atoms with Gasteiger partial charge in [-0.1, -0.05) is 18.2 Å². The van der Waals surface area contributed by atoms with E-state index in [4.69, 9.17) is 4.74 Å². The lowest BCUT2D eigenvalue weighted by molar-refractivity contribution is -0.122. The molecule has 6 nitrogen and oxygen atoms in total. The second-order valence-corrected chi connectivity index (χ2v) is 5.86. The molecule has 2 aromatic rings. The molecule has 0 heterocycles. The van der Waals surface area contributed by atoms with Gasteiger partial charge in [-0.15, -0.1) is 0 Å². The van der Waals surface area contributed by atoms with Gasteiger partial charge < -0.3 is 9.64 Å². The predicted molar refractivity (Wildman–Crippen MR) is 97.7 cm³/mol. The minimum atomic E-state index is -0.364. The summed E-state index contributed by atoms with van der Waals surface area (Å²) in [5.74, 6) is 0.0405. The third-order valence-corrected chi connectivity index (χ3v) is 3.53. The molecule has 0 aliphatic carbocycles. The van der Waals surface area contributed by atoms with E-state index in [1.807, 2.05) is 56.3 Å². The van der Waals surface area contributed by atoms with Crippen molar-refractivity contribution in [1.29, 1.82) is 0 Å². The number of ether oxygens (including phenoxy) is 1. The number of amides is 2. The van der Waals surface area contributed by atoms with E-state index in [0.29, 0.717) is 5.56 Å². The number of carbonyl (C=O) groups is 2. The Labute approximate surface area is 147 Å². The van der Waals surface area contributed by atoms with E-state index in [1.54, 1.807) is 18.2 Å². The zero-order valence-corrected chi connectivity index (χ0v) is 14.7. The molecule has 25 heavy (non-hydrogen) atoms. The molecule has 0 aliphatic rings. The van der Waals surface area contributed by atoms with Gasteiger partial charge in [0, 0.05) is 25.3 Å². The monoisotopic (exact) mass is 341 g/mol. The van der Waals surface area contributed by atoms with Crippen LogP contribution in [0.15, 0.2) is 48.5 Å². The van der Waals surface area contributed by atoms with Crippen LogP contribution in [0.4, 0.5) is 5.69 Å². The van der Waals surface area contributed by atoms with Crippen LogP contribution in [0, 0.1) is 6.92 Å². The Balaban J connectivity index is 1.76. The van der Waals surface area contributed by atoms with Gasteiger partial charge in [0.15, 0.2) is 0 Å². The number of hydrazine groups is 1. The number of anilines is 1. The molecule has 2 aromatic carbocycles. The van der Waals surface area contributed by atoms with E-state index < -0.39 is 0 Å². The largest absolute Gasteiger partial charge is 0.493 e. The lowest BCUT2D eigenvalue weighted by Gasteiger charge is -2.13. The number of benzene rings is 2. The molecular weight excluding hydrogens is 318 g/mol. The Kier molecular flexibility index (Phi) is 6.39. The molecule has 2 N–H and O–H groups in total. The van der Waals surface area contributed by atoms with Crippen LogP contribution in [-0.4, -0.2) is 32.5 Å². The van der Waals surface area contributed by atoms with Crippen LogP contribution in [0.1, 0.15) is 22.3 Å². The summed E-state index contributed by atoms with van der Waals surface area (Å²) in [5, 5.41) is 0. The van der Waals surface area contributed by atoms with E-state index in [0.717, 1.165) is 17.0 Å². The third-order valence-electron chi connectivity index (χ3n) is 3.53. The summed E-state index contributed by atoms with van der Waals surface area (Å²) in [5.41, 5.74) is 7.28. The van der Waals surface area contributed by atoms with Crippen LogP contribution in [0.25, 0.3) is 0 Å². The van der Waals surface area contributed by atoms with Gasteiger partial charge in [-0.3, -0.25) is 20.4 Å². The van der Waals surface area contributed by atoms with Crippen LogP contribution >= 0.6 is 0 Å². The standard InChI is InChI=1S/C19H23N3O3/c1-14-6-4-9-17(12-14)25-11-10-18(23)20-21-19(24)15-7-5-8-16(13-15)22(2)3/h4-9,12-13H,10-11H2,1-3H3,(H,20,23)(H,21,24). The first-order valence-electron chi connectivity index (χ1n) is 8.02. The Morgan fingerprint density at radius 3 is 2.52 bits per heavy atom. The quantitative estimate of drug-likeness (QED) is 0.791. The van der Waals surface area contributed by atoms with Gasteiger partial charge in [-0.25, -0.2) is 0 Å². The number of carbonyl (C=O) groups excluding carboxylic acids is 2. The zero-order chi connectivity index (χ0) is 18.2. The third kappa shape index (κ3) is 5.84. The Bertz CT molecular complexity index is 744. The summed E-state index contributed by atoms with van der Waals surface area (Å²) in [6.45, 7) is 2.21. The molecule has 0 spiro atoms. The van der Waals surface area contributed by atoms with E-state index in [-0.39, 0.29) is 24.8 Å². The van der Waals surface area contributed by atoms with E-state index in [9.17, 15) is 9.59 Å². The van der Waals surface area contributed by atoms with Crippen molar-refractivity contribution in [1.82, 2.24) is 10.9 Å². The summed E-state index contributed by atoms with van der Waals surface area (Å²) < 4.78 is 5.51. The molecule has 2 rings (SSSR count). The second-order valence-electron chi connectivity index (χ2n) is 5.86. The molecule has 0 radical (unpaired) electrons. The van der Waals surface area contributed by atoms with Crippen LogP contribution in [0.2, 0.25) is 0 Å². The predicted octanol–water partition coefficient (Wildman–Crippen LogP) is 2.29. The summed E-state index contributed by atoms with van der Waals surface area (Å²) in [4.78, 5) is 25.8. The fraction of sp³-hybridized carbons (Fsp3) is 0.263. The second kappa shape index (κ2) is 8.73. The molecular formula is C19H23N3O3. The first-order valence-corrected chi connectivity index (χ1v) is 8.02. The van der Waals surface area contributed by atoms with Gasteiger partial charge in [0.2, 0.25) is 5.91 Å². The average Bonchev–Trinajstić information content (AvgIpc) is 2.60. The minimum absolute atomic E-state index is 0.145. The Hall–Kier alpha value is -3.02. The van der Waals surface area contributed by atoms with E-state index in [1.165, 1.54) is 0 Å². The SMILES string of the molecule is Cc1cccc(OCCC(=O)NNC(=O)c2cccc(N(C)C)c2)c1. The van der Waals surface area contributed by atoms with Crippen molar-refractivity contribution >= 4 is 17.5 Å². The fourth-order valence-corrected chi connectivity index (χ4v) is 2.15. The van der Waals surface area contributed by atoms with Crippen molar-refractivity contribution in [3.8, 4) is 5.75 Å². The molecule has 6 heteroatoms. The molecule has 0 saturated carbocycles. The molecule has 2 amide bonds. The van der Waals surface area contributed by atoms with Gasteiger partial charge in [0.1, 0.15) is 5.75 Å². The van der Waals surface area contributed by atoms with E-state index >= 15 is 0 Å². The highest BCUT2D eigenvalue weighted by Gasteiger charge is 2.09. The van der Waals surface area contributed by atoms with E-state index in [2.05, 4.69) is 10.9 Å². The first-order chi connectivity index (χ1) is 12.0. The Morgan fingerprint density at radius 2 is 1.80 bits per heavy atom. The summed E-state index contributed by atoms with van der Waals surface area (Å²) >= 11 is 0. The molecule has 0 atom stereocenters. The number of aryl methyl sites for hydroxylation is 1. The molecule has 0 fully saturated rings. The number of rotatable bonds is 6. The highest BCUT2D eigenvalue weighted by molar-refractivity contribution is 5.96. The van der Waals surface area contributed by atoms with Gasteiger partial charge in [-0.2, -0.15) is 0 Å². The molecule has 132 valence electrons. The van der Waals surface area contributed by atoms with Crippen LogP contribution in [-0.2, 0) is 4.79 Å². The highest BCUT2D eigenvalue weighted by atomic mass is 16.5. The fourth-order valence-electron chi connectivity index (χ4n) is 2.15. The number of nitrogens with one attached hydrogen (secondary N) is 2. The van der Waals surface area contributed by atoms with Crippen molar-refractivity contribution < 1.29 is 14.3 Å². The maximum Gasteiger partial charge on any atom is 0.269 e. The number of hydrogen-bond acceptors (Lipinski definition) is 4. The molecule has 0 aromatic heterocycles. The topological polar surface area (TPSA) is 70.7 Å². The molecule has 0 bridgehead atoms. The highest BCUT2D eigenvalue weighted by Crippen LogP contribution is 2.13. The van der Waals surface area contributed by atoms with Gasteiger partial charge >= 0.3 is 0 Å². The van der Waals surface area contributed by atoms with Crippen molar-refractivity contribution in [3.05, 3.63) is 59.7 Å². The van der Waals surface area contributed by atoms with Gasteiger partial charge in [-0.05, 0) is 42.8 Å². The molecule has 0 saturated heterocycles. The normalized spacial score (nSPS) is 10.0. The van der Waals surface area contributed by atoms with Crippen LogP contribution in [0.5, 0.6) is 5.75 Å². The van der Waals surface area contributed by atoms with Gasteiger partial charge in [0.25, 0.3) is 5.91 Å². The number of nitrogens with zero attached hydrogens (tertiary/aromatic N) is 1. The number of hydrogen-bond donors (Lipinski definition) is 2. The molecule has 0 unspecified atom stereocenters. The first kappa shape index (κ1) is 18.3. The van der Waals surface area contributed by atoms with Crippen LogP contribution < -0.4 is 20.5 Å². The van der Waals surface area contributed by atoms with Gasteiger partial charge in [0.05, 0.1) is 13.0 Å². The van der Waals surface area contributed by atoms with Crippen LogP contribution in [0.3, 0.4) is 0 Å². The minimum Gasteiger partial charge on any atom is -0.493 e. The lowest BCUT2D eigenvalue weighted by atomic mass is 10.2.